The molecule has 1 aromatic carbocycles. The summed E-state index contributed by atoms with van der Waals surface area (Å²) in [6.45, 7) is 1.52. The van der Waals surface area contributed by atoms with Gasteiger partial charge in [0, 0.05) is 13.1 Å². The van der Waals surface area contributed by atoms with E-state index in [1.54, 1.807) is 7.11 Å². The number of nitrogens with zero attached hydrogens (tertiary/aromatic N) is 1. The lowest BCUT2D eigenvalue weighted by Crippen LogP contribution is -2.38. The molecular weight excluding hydrogens is 254 g/mol. The van der Waals surface area contributed by atoms with Gasteiger partial charge in [0.15, 0.2) is 0 Å². The lowest BCUT2D eigenvalue weighted by atomic mass is 9.84. The minimum atomic E-state index is -0.125. The van der Waals surface area contributed by atoms with Gasteiger partial charge in [-0.1, -0.05) is 0 Å². The maximum absolute atomic E-state index is 12.2. The fraction of sp³-hybridized carbons (Fsp3) is 0.467. The molecule has 0 spiro atoms. The normalized spacial score (nSPS) is 20.6. The second kappa shape index (κ2) is 5.25. The summed E-state index contributed by atoms with van der Waals surface area (Å²) < 4.78 is 5.52. The van der Waals surface area contributed by atoms with Crippen molar-refractivity contribution >= 4 is 17.3 Å². The van der Waals surface area contributed by atoms with E-state index >= 15 is 0 Å². The highest BCUT2D eigenvalue weighted by Crippen LogP contribution is 2.37. The summed E-state index contributed by atoms with van der Waals surface area (Å²) in [6.07, 6.45) is 1.84. The second-order valence-corrected chi connectivity index (χ2v) is 5.20. The Kier molecular flexibility index (Phi) is 3.44. The second-order valence-electron chi connectivity index (χ2n) is 5.20. The van der Waals surface area contributed by atoms with Gasteiger partial charge >= 0.3 is 0 Å². The molecule has 2 heterocycles. The molecule has 0 fully saturated rings. The van der Waals surface area contributed by atoms with E-state index in [1.165, 1.54) is 0 Å². The van der Waals surface area contributed by atoms with Crippen molar-refractivity contribution in [1.29, 1.82) is 0 Å². The van der Waals surface area contributed by atoms with E-state index in [9.17, 15) is 4.79 Å². The molecule has 0 aromatic heterocycles. The highest BCUT2D eigenvalue weighted by Gasteiger charge is 2.35. The first-order valence-corrected chi connectivity index (χ1v) is 6.95. The summed E-state index contributed by atoms with van der Waals surface area (Å²) >= 11 is 0. The minimum Gasteiger partial charge on any atom is -0.496 e. The Morgan fingerprint density at radius 3 is 3.10 bits per heavy atom. The smallest absolute Gasteiger partial charge is 0.233 e. The first kappa shape index (κ1) is 13.1. The van der Waals surface area contributed by atoms with Crippen LogP contribution in [0.25, 0.3) is 0 Å². The zero-order chi connectivity index (χ0) is 14.1. The molecule has 5 nitrogen and oxygen atoms in total. The number of rotatable bonds is 3. The maximum Gasteiger partial charge on any atom is 0.233 e. The summed E-state index contributed by atoms with van der Waals surface area (Å²) in [7, 11) is 3.55. The number of nitrogens with one attached hydrogen (secondary N) is 2. The van der Waals surface area contributed by atoms with E-state index in [1.807, 2.05) is 19.2 Å². The summed E-state index contributed by atoms with van der Waals surface area (Å²) in [6, 6.07) is 4.01. The number of methoxy groups -OCH3 is 1. The molecule has 106 valence electrons. The Balaban J connectivity index is 2.14. The summed E-state index contributed by atoms with van der Waals surface area (Å²) in [5.41, 5.74) is 3.74. The highest BCUT2D eigenvalue weighted by molar-refractivity contribution is 6.24. The van der Waals surface area contributed by atoms with E-state index in [2.05, 4.69) is 15.6 Å². The van der Waals surface area contributed by atoms with Crippen molar-refractivity contribution in [1.82, 2.24) is 5.32 Å². The van der Waals surface area contributed by atoms with Crippen LogP contribution in [0.15, 0.2) is 17.1 Å². The van der Waals surface area contributed by atoms with E-state index in [0.717, 1.165) is 54.2 Å². The molecule has 1 atom stereocenters. The van der Waals surface area contributed by atoms with Crippen LogP contribution >= 0.6 is 0 Å². The van der Waals surface area contributed by atoms with Crippen molar-refractivity contribution in [2.75, 3.05) is 26.0 Å². The average molecular weight is 273 g/mol. The van der Waals surface area contributed by atoms with Gasteiger partial charge in [0.1, 0.15) is 5.75 Å². The van der Waals surface area contributed by atoms with Gasteiger partial charge in [-0.05, 0) is 37.6 Å². The van der Waals surface area contributed by atoms with Crippen molar-refractivity contribution < 1.29 is 9.53 Å². The molecule has 3 rings (SSSR count). The SMILES string of the molecule is CNCc1cc2c(c(OC)c1)C1=NCCCC1C(=O)N2. The molecule has 1 amide bonds. The molecule has 1 aromatic rings. The fourth-order valence-electron chi connectivity index (χ4n) is 2.97. The van der Waals surface area contributed by atoms with Crippen molar-refractivity contribution in [3.8, 4) is 5.75 Å². The number of anilines is 1. The standard InChI is InChI=1S/C15H19N3O2/c1-16-8-9-6-11-13(12(7-9)20-2)14-10(15(19)18-11)4-3-5-17-14/h6-7,10,16H,3-5,8H2,1-2H3,(H,18,19). The number of hydrogen-bond acceptors (Lipinski definition) is 4. The van der Waals surface area contributed by atoms with Crippen LogP contribution in [-0.2, 0) is 11.3 Å². The van der Waals surface area contributed by atoms with E-state index in [-0.39, 0.29) is 11.8 Å². The molecule has 20 heavy (non-hydrogen) atoms. The lowest BCUT2D eigenvalue weighted by molar-refractivity contribution is -0.118. The Morgan fingerprint density at radius 1 is 1.50 bits per heavy atom. The van der Waals surface area contributed by atoms with Crippen LogP contribution in [0.3, 0.4) is 0 Å². The average Bonchev–Trinajstić information content (AvgIpc) is 2.47. The Morgan fingerprint density at radius 2 is 2.35 bits per heavy atom. The first-order valence-electron chi connectivity index (χ1n) is 6.95. The fourth-order valence-corrected chi connectivity index (χ4v) is 2.97. The van der Waals surface area contributed by atoms with Gasteiger partial charge in [0.05, 0.1) is 30.0 Å². The Bertz CT molecular complexity index is 581. The van der Waals surface area contributed by atoms with Crippen LogP contribution < -0.4 is 15.4 Å². The molecule has 0 saturated carbocycles. The molecule has 0 bridgehead atoms. The van der Waals surface area contributed by atoms with Crippen LogP contribution in [-0.4, -0.2) is 32.3 Å². The van der Waals surface area contributed by atoms with Gasteiger partial charge in [-0.2, -0.15) is 0 Å². The Labute approximate surface area is 118 Å². The van der Waals surface area contributed by atoms with Gasteiger partial charge in [-0.25, -0.2) is 0 Å². The summed E-state index contributed by atoms with van der Waals surface area (Å²) in [5, 5.41) is 6.12. The molecule has 0 aliphatic carbocycles. The number of benzene rings is 1. The largest absolute Gasteiger partial charge is 0.496 e. The number of amides is 1. The molecular formula is C15H19N3O2. The molecule has 0 saturated heterocycles. The maximum atomic E-state index is 12.2. The van der Waals surface area contributed by atoms with Gasteiger partial charge in [0.25, 0.3) is 0 Å². The quantitative estimate of drug-likeness (QED) is 0.878. The third-order valence-electron chi connectivity index (χ3n) is 3.86. The molecule has 0 radical (unpaired) electrons. The van der Waals surface area contributed by atoms with Crippen molar-refractivity contribution in [3.05, 3.63) is 23.3 Å². The van der Waals surface area contributed by atoms with Crippen molar-refractivity contribution in [2.24, 2.45) is 10.9 Å². The monoisotopic (exact) mass is 273 g/mol. The Hall–Kier alpha value is -1.88. The van der Waals surface area contributed by atoms with Gasteiger partial charge in [-0.15, -0.1) is 0 Å². The first-order chi connectivity index (χ1) is 9.74. The molecule has 2 N–H and O–H groups in total. The number of carbonyl (C=O) groups is 1. The summed E-state index contributed by atoms with van der Waals surface area (Å²) in [4.78, 5) is 16.8. The lowest BCUT2D eigenvalue weighted by Gasteiger charge is -2.30. The number of carbonyl (C=O) groups excluding carboxylic acids is 1. The zero-order valence-electron chi connectivity index (χ0n) is 11.8. The van der Waals surface area contributed by atoms with Gasteiger partial charge in [0.2, 0.25) is 5.91 Å². The van der Waals surface area contributed by atoms with E-state index in [0.29, 0.717) is 0 Å². The predicted molar refractivity (Wildman–Crippen MR) is 78.5 cm³/mol. The van der Waals surface area contributed by atoms with Crippen molar-refractivity contribution in [2.45, 2.75) is 19.4 Å². The molecule has 1 unspecified atom stereocenters. The summed E-state index contributed by atoms with van der Waals surface area (Å²) in [5.74, 6) is 0.721. The molecule has 2 aliphatic heterocycles. The predicted octanol–water partition coefficient (Wildman–Crippen LogP) is 1.57. The minimum absolute atomic E-state index is 0.0552. The van der Waals surface area contributed by atoms with Crippen LogP contribution in [0.2, 0.25) is 0 Å². The third-order valence-corrected chi connectivity index (χ3v) is 3.86. The van der Waals surface area contributed by atoms with Gasteiger partial charge < -0.3 is 15.4 Å². The van der Waals surface area contributed by atoms with E-state index < -0.39 is 0 Å². The number of ether oxygens (including phenoxy) is 1. The molecule has 2 aliphatic rings. The van der Waals surface area contributed by atoms with E-state index in [4.69, 9.17) is 4.74 Å². The van der Waals surface area contributed by atoms with Gasteiger partial charge in [-0.3, -0.25) is 9.79 Å². The topological polar surface area (TPSA) is 62.7 Å². The number of fused-ring (bicyclic) bond motifs is 3. The molecule has 5 heteroatoms. The third kappa shape index (κ3) is 2.08. The van der Waals surface area contributed by atoms with Crippen molar-refractivity contribution in [3.63, 3.8) is 0 Å². The van der Waals surface area contributed by atoms with Crippen LogP contribution in [0.4, 0.5) is 5.69 Å². The van der Waals surface area contributed by atoms with Crippen LogP contribution in [0.5, 0.6) is 5.75 Å². The van der Waals surface area contributed by atoms with Crippen LogP contribution in [0, 0.1) is 5.92 Å². The number of aliphatic imine (C=N–C) groups is 1. The zero-order valence-corrected chi connectivity index (χ0v) is 11.8. The number of hydrogen-bond donors (Lipinski definition) is 2. The highest BCUT2D eigenvalue weighted by atomic mass is 16.5. The van der Waals surface area contributed by atoms with Crippen LogP contribution in [0.1, 0.15) is 24.0 Å².